The summed E-state index contributed by atoms with van der Waals surface area (Å²) in [6.45, 7) is 0. The molecule has 2 aromatic rings. The van der Waals surface area contributed by atoms with Crippen LogP contribution in [0.2, 0.25) is 0 Å². The molecule has 0 aliphatic heterocycles. The number of anilines is 2. The van der Waals surface area contributed by atoms with Crippen molar-refractivity contribution < 1.29 is 12.8 Å². The number of rotatable bonds is 3. The zero-order valence-corrected chi connectivity index (χ0v) is 11.9. The molecular formula is C14H12FN3O2S. The molecular weight excluding hydrogens is 293 g/mol. The molecule has 7 heteroatoms. The third kappa shape index (κ3) is 2.66. The molecule has 2 rings (SSSR count). The summed E-state index contributed by atoms with van der Waals surface area (Å²) < 4.78 is 39.3. The third-order valence-corrected chi connectivity index (χ3v) is 4.76. The Morgan fingerprint density at radius 3 is 2.52 bits per heavy atom. The molecule has 0 unspecified atom stereocenters. The Morgan fingerprint density at radius 1 is 1.24 bits per heavy atom. The van der Waals surface area contributed by atoms with E-state index in [4.69, 9.17) is 11.0 Å². The van der Waals surface area contributed by atoms with Crippen LogP contribution in [0.15, 0.2) is 47.4 Å². The number of hydrogen-bond acceptors (Lipinski definition) is 4. The van der Waals surface area contributed by atoms with Gasteiger partial charge in [-0.05, 0) is 30.3 Å². The molecule has 0 spiro atoms. The van der Waals surface area contributed by atoms with Gasteiger partial charge in [-0.15, -0.1) is 0 Å². The quantitative estimate of drug-likeness (QED) is 0.880. The van der Waals surface area contributed by atoms with Crippen LogP contribution < -0.4 is 10.0 Å². The van der Waals surface area contributed by atoms with E-state index in [0.717, 1.165) is 10.4 Å². The van der Waals surface area contributed by atoms with Gasteiger partial charge in [0.2, 0.25) is 0 Å². The van der Waals surface area contributed by atoms with Gasteiger partial charge in [-0.1, -0.05) is 12.1 Å². The van der Waals surface area contributed by atoms with Crippen molar-refractivity contribution in [1.29, 1.82) is 5.26 Å². The van der Waals surface area contributed by atoms with E-state index in [0.29, 0.717) is 0 Å². The van der Waals surface area contributed by atoms with E-state index >= 15 is 0 Å². The van der Waals surface area contributed by atoms with Crippen molar-refractivity contribution in [1.82, 2.24) is 0 Å². The Balaban J connectivity index is 2.53. The number of nitrogens with two attached hydrogens (primary N) is 1. The molecule has 0 aromatic heterocycles. The molecule has 0 saturated carbocycles. The largest absolute Gasteiger partial charge is 0.396 e. The first-order valence-corrected chi connectivity index (χ1v) is 7.35. The Morgan fingerprint density at radius 2 is 1.90 bits per heavy atom. The summed E-state index contributed by atoms with van der Waals surface area (Å²) >= 11 is 0. The van der Waals surface area contributed by atoms with Crippen LogP contribution in [0.4, 0.5) is 15.8 Å². The Bertz CT molecular complexity index is 828. The second-order valence-electron chi connectivity index (χ2n) is 4.28. The van der Waals surface area contributed by atoms with Crippen LogP contribution in [-0.2, 0) is 10.0 Å². The minimum absolute atomic E-state index is 0.131. The third-order valence-electron chi connectivity index (χ3n) is 2.99. The van der Waals surface area contributed by atoms with Crippen molar-refractivity contribution in [2.24, 2.45) is 0 Å². The number of nitrogens with zero attached hydrogens (tertiary/aromatic N) is 2. The summed E-state index contributed by atoms with van der Waals surface area (Å²) in [6.07, 6.45) is 0. The fraction of sp³-hybridized carbons (Fsp3) is 0.0714. The van der Waals surface area contributed by atoms with Gasteiger partial charge in [-0.3, -0.25) is 4.31 Å². The molecule has 0 heterocycles. The number of benzene rings is 2. The molecule has 2 N–H and O–H groups in total. The van der Waals surface area contributed by atoms with Crippen LogP contribution in [0, 0.1) is 17.1 Å². The van der Waals surface area contributed by atoms with E-state index < -0.39 is 15.8 Å². The monoisotopic (exact) mass is 305 g/mol. The molecule has 108 valence electrons. The van der Waals surface area contributed by atoms with Crippen molar-refractivity contribution in [3.8, 4) is 6.07 Å². The highest BCUT2D eigenvalue weighted by molar-refractivity contribution is 7.92. The number of halogens is 1. The standard InChI is InChI=1S/C14H12FN3O2S/c1-18(14-5-3-2-4-10(14)9-16)21(19,20)11-6-7-13(17)12(15)8-11/h2-8H,17H2,1H3. The van der Waals surface area contributed by atoms with Crippen LogP contribution in [0.1, 0.15) is 5.56 Å². The molecule has 2 aromatic carbocycles. The lowest BCUT2D eigenvalue weighted by molar-refractivity contribution is 0.590. The second kappa shape index (κ2) is 5.42. The van der Waals surface area contributed by atoms with Crippen LogP contribution >= 0.6 is 0 Å². The highest BCUT2D eigenvalue weighted by Crippen LogP contribution is 2.26. The number of nitrogen functional groups attached to an aromatic ring is 1. The van der Waals surface area contributed by atoms with Crippen molar-refractivity contribution in [3.05, 3.63) is 53.8 Å². The van der Waals surface area contributed by atoms with Crippen molar-refractivity contribution in [2.75, 3.05) is 17.1 Å². The van der Waals surface area contributed by atoms with E-state index in [2.05, 4.69) is 0 Å². The van der Waals surface area contributed by atoms with E-state index in [9.17, 15) is 12.8 Å². The maximum absolute atomic E-state index is 13.5. The molecule has 21 heavy (non-hydrogen) atoms. The number of sulfonamides is 1. The van der Waals surface area contributed by atoms with Gasteiger partial charge in [-0.2, -0.15) is 5.26 Å². The molecule has 0 aliphatic rings. The predicted molar refractivity (Wildman–Crippen MR) is 77.6 cm³/mol. The fourth-order valence-electron chi connectivity index (χ4n) is 1.80. The normalized spacial score (nSPS) is 10.9. The van der Waals surface area contributed by atoms with Crippen LogP contribution in [0.5, 0.6) is 0 Å². The first-order chi connectivity index (χ1) is 9.87. The maximum atomic E-state index is 13.5. The molecule has 0 aliphatic carbocycles. The first-order valence-electron chi connectivity index (χ1n) is 5.91. The predicted octanol–water partition coefficient (Wildman–Crippen LogP) is 2.10. The van der Waals surface area contributed by atoms with Crippen molar-refractivity contribution >= 4 is 21.4 Å². The van der Waals surface area contributed by atoms with Crippen molar-refractivity contribution in [2.45, 2.75) is 4.90 Å². The summed E-state index contributed by atoms with van der Waals surface area (Å²) in [5.41, 5.74) is 5.64. The van der Waals surface area contributed by atoms with E-state index in [1.165, 1.54) is 31.3 Å². The van der Waals surface area contributed by atoms with Crippen LogP contribution in [0.25, 0.3) is 0 Å². The van der Waals surface area contributed by atoms with Gasteiger partial charge in [0.15, 0.2) is 0 Å². The van der Waals surface area contributed by atoms with Gasteiger partial charge >= 0.3 is 0 Å². The Kier molecular flexibility index (Phi) is 3.82. The van der Waals surface area contributed by atoms with Gasteiger partial charge < -0.3 is 5.73 Å². The van der Waals surface area contributed by atoms with Gasteiger partial charge in [-0.25, -0.2) is 12.8 Å². The highest BCUT2D eigenvalue weighted by atomic mass is 32.2. The average molecular weight is 305 g/mol. The lowest BCUT2D eigenvalue weighted by atomic mass is 10.2. The smallest absolute Gasteiger partial charge is 0.264 e. The summed E-state index contributed by atoms with van der Waals surface area (Å²) in [6, 6.07) is 11.4. The zero-order chi connectivity index (χ0) is 15.6. The summed E-state index contributed by atoms with van der Waals surface area (Å²) in [4.78, 5) is -0.232. The second-order valence-corrected chi connectivity index (χ2v) is 6.25. The summed E-state index contributed by atoms with van der Waals surface area (Å²) in [5.74, 6) is -0.807. The topological polar surface area (TPSA) is 87.2 Å². The number of para-hydroxylation sites is 1. The average Bonchev–Trinajstić information content (AvgIpc) is 2.49. The van der Waals surface area contributed by atoms with Crippen LogP contribution in [0.3, 0.4) is 0 Å². The van der Waals surface area contributed by atoms with E-state index in [-0.39, 0.29) is 21.8 Å². The molecule has 0 atom stereocenters. The van der Waals surface area contributed by atoms with E-state index in [1.807, 2.05) is 6.07 Å². The molecule has 0 radical (unpaired) electrons. The van der Waals surface area contributed by atoms with Gasteiger partial charge in [0, 0.05) is 7.05 Å². The molecule has 0 fully saturated rings. The van der Waals surface area contributed by atoms with Gasteiger partial charge in [0.1, 0.15) is 11.9 Å². The van der Waals surface area contributed by atoms with Crippen molar-refractivity contribution in [3.63, 3.8) is 0 Å². The molecule has 5 nitrogen and oxygen atoms in total. The number of nitriles is 1. The fourth-order valence-corrected chi connectivity index (χ4v) is 3.03. The first kappa shape index (κ1) is 14.8. The Labute approximate surface area is 122 Å². The maximum Gasteiger partial charge on any atom is 0.264 e. The number of hydrogen-bond donors (Lipinski definition) is 1. The summed E-state index contributed by atoms with van der Waals surface area (Å²) in [7, 11) is -2.67. The highest BCUT2D eigenvalue weighted by Gasteiger charge is 2.24. The zero-order valence-electron chi connectivity index (χ0n) is 11.1. The van der Waals surface area contributed by atoms with E-state index in [1.54, 1.807) is 12.1 Å². The summed E-state index contributed by atoms with van der Waals surface area (Å²) in [5, 5.41) is 9.04. The minimum Gasteiger partial charge on any atom is -0.396 e. The lowest BCUT2D eigenvalue weighted by Gasteiger charge is -2.20. The lowest BCUT2D eigenvalue weighted by Crippen LogP contribution is -2.27. The Hall–Kier alpha value is -2.59. The molecule has 0 amide bonds. The molecule has 0 bridgehead atoms. The molecule has 0 saturated heterocycles. The van der Waals surface area contributed by atoms with Gasteiger partial charge in [0.05, 0.1) is 21.8 Å². The van der Waals surface area contributed by atoms with Crippen LogP contribution in [-0.4, -0.2) is 15.5 Å². The minimum atomic E-state index is -3.98. The van der Waals surface area contributed by atoms with Gasteiger partial charge in [0.25, 0.3) is 10.0 Å². The SMILES string of the molecule is CN(c1ccccc1C#N)S(=O)(=O)c1ccc(N)c(F)c1.